The van der Waals surface area contributed by atoms with Crippen molar-refractivity contribution in [2.45, 2.75) is 172 Å². The molecule has 54 heavy (non-hydrogen) atoms. The van der Waals surface area contributed by atoms with Crippen LogP contribution >= 0.6 is 0 Å². The van der Waals surface area contributed by atoms with Crippen LogP contribution in [0, 0.1) is 52.3 Å². The highest BCUT2D eigenvalue weighted by molar-refractivity contribution is 5.79. The van der Waals surface area contributed by atoms with Crippen LogP contribution in [0.3, 0.4) is 0 Å². The van der Waals surface area contributed by atoms with E-state index in [0.29, 0.717) is 43.4 Å². The second-order valence-corrected chi connectivity index (χ2v) is 18.8. The number of ketones is 1. The molecule has 0 aromatic rings. The highest BCUT2D eigenvalue weighted by Gasteiger charge is 2.70. The molecule has 22 atom stereocenters. The smallest absolute Gasteiger partial charge is 0.186 e. The minimum Gasteiger partial charge on any atom is -0.394 e. The van der Waals surface area contributed by atoms with Gasteiger partial charge in [-0.2, -0.15) is 0 Å². The van der Waals surface area contributed by atoms with Gasteiger partial charge in [-0.3, -0.25) is 4.79 Å². The van der Waals surface area contributed by atoms with Gasteiger partial charge in [-0.1, -0.05) is 27.7 Å². The molecule has 14 heteroatoms. The number of hydrogen-bond acceptors (Lipinski definition) is 14. The Morgan fingerprint density at radius 2 is 1.56 bits per heavy atom. The predicted molar refractivity (Wildman–Crippen MR) is 190 cm³/mol. The van der Waals surface area contributed by atoms with Gasteiger partial charge in [0, 0.05) is 32.3 Å². The normalized spacial score (nSPS) is 55.1. The van der Waals surface area contributed by atoms with Crippen LogP contribution in [0.5, 0.6) is 0 Å². The van der Waals surface area contributed by atoms with Crippen molar-refractivity contribution < 1.29 is 69.0 Å². The third-order valence-electron chi connectivity index (χ3n) is 16.0. The average molecular weight is 771 g/mol. The van der Waals surface area contributed by atoms with E-state index in [1.54, 1.807) is 14.0 Å². The van der Waals surface area contributed by atoms with Crippen molar-refractivity contribution in [3.63, 3.8) is 0 Å². The van der Waals surface area contributed by atoms with Crippen LogP contribution < -0.4 is 0 Å². The lowest BCUT2D eigenvalue weighted by Gasteiger charge is -2.62. The molecule has 7 N–H and O–H groups in total. The highest BCUT2D eigenvalue weighted by Crippen LogP contribution is 2.71. The summed E-state index contributed by atoms with van der Waals surface area (Å²) >= 11 is 0. The van der Waals surface area contributed by atoms with Gasteiger partial charge in [0.05, 0.1) is 31.5 Å². The van der Waals surface area contributed by atoms with E-state index in [4.69, 9.17) is 28.4 Å². The lowest BCUT2D eigenvalue weighted by molar-refractivity contribution is -0.320. The van der Waals surface area contributed by atoms with Crippen LogP contribution in [0.4, 0.5) is 0 Å². The topological polar surface area (TPSA) is 214 Å². The van der Waals surface area contributed by atoms with Gasteiger partial charge in [0.1, 0.15) is 48.5 Å². The van der Waals surface area contributed by atoms with E-state index < -0.39 is 73.8 Å². The van der Waals surface area contributed by atoms with E-state index in [0.717, 1.165) is 32.1 Å². The summed E-state index contributed by atoms with van der Waals surface area (Å²) in [6, 6.07) is 0. The number of Topliss-reactive ketones (excluding diaryl/α,β-unsaturated/α-hetero) is 1. The molecule has 4 aliphatic carbocycles. The van der Waals surface area contributed by atoms with Crippen LogP contribution in [0.1, 0.15) is 92.4 Å². The van der Waals surface area contributed by atoms with Gasteiger partial charge in [0.2, 0.25) is 0 Å². The standard InChI is InChI=1S/C40H66O14/c1-18(17-50-36-34(47)33(46)31(44)28(16-41)53-36)7-12-40(49-6)19(2)29-27(54-40)15-24-22-14-26(52-37-35(48)32(45)30(43)20(3)51-37)25-13-21(42)8-10-38(25,4)23(22)9-11-39(24,29)5/h18-20,22-37,41,43-48H,7-17H2,1-6H3. The molecule has 0 radical (unpaired) electrons. The summed E-state index contributed by atoms with van der Waals surface area (Å²) in [5, 5.41) is 72.0. The van der Waals surface area contributed by atoms with Crippen molar-refractivity contribution in [1.29, 1.82) is 0 Å². The molecule has 0 aromatic carbocycles. The van der Waals surface area contributed by atoms with Crippen LogP contribution in [-0.2, 0) is 33.2 Å². The summed E-state index contributed by atoms with van der Waals surface area (Å²) in [6.07, 6.45) is -5.87. The van der Waals surface area contributed by atoms with E-state index in [1.165, 1.54) is 0 Å². The van der Waals surface area contributed by atoms with Crippen LogP contribution in [0.15, 0.2) is 0 Å². The second-order valence-electron chi connectivity index (χ2n) is 18.8. The zero-order valence-corrected chi connectivity index (χ0v) is 32.7. The van der Waals surface area contributed by atoms with Crippen molar-refractivity contribution in [2.75, 3.05) is 20.3 Å². The number of rotatable bonds is 10. The van der Waals surface area contributed by atoms with E-state index in [2.05, 4.69) is 20.8 Å². The Labute approximate surface area is 318 Å². The van der Waals surface area contributed by atoms with Gasteiger partial charge in [-0.25, -0.2) is 0 Å². The lowest BCUT2D eigenvalue weighted by Crippen LogP contribution is -2.62. The van der Waals surface area contributed by atoms with Gasteiger partial charge < -0.3 is 64.2 Å². The number of carbonyl (C=O) groups excluding carboxylic acids is 1. The Kier molecular flexibility index (Phi) is 11.8. The molecular weight excluding hydrogens is 704 g/mol. The predicted octanol–water partition coefficient (Wildman–Crippen LogP) is 1.26. The van der Waals surface area contributed by atoms with Crippen molar-refractivity contribution >= 4 is 5.78 Å². The minimum absolute atomic E-state index is 0.00758. The lowest BCUT2D eigenvalue weighted by atomic mass is 9.43. The summed E-state index contributed by atoms with van der Waals surface area (Å²) in [4.78, 5) is 12.9. The quantitative estimate of drug-likeness (QED) is 0.156. The summed E-state index contributed by atoms with van der Waals surface area (Å²) in [5.41, 5.74) is -0.141. The molecule has 14 nitrogen and oxygen atoms in total. The maximum atomic E-state index is 12.9. The summed E-state index contributed by atoms with van der Waals surface area (Å²) < 4.78 is 37.3. The first kappa shape index (κ1) is 41.3. The SMILES string of the molecule is COC1(CCC(C)COC2OC(CO)C(O)C(O)C2O)OC2CC3C4CC(OC5OC(C)C(O)C(O)C5O)C5CC(=O)CCC5(C)C4CCC3(C)C2C1C. The second kappa shape index (κ2) is 15.4. The number of fused-ring (bicyclic) bond motifs is 7. The van der Waals surface area contributed by atoms with E-state index in [1.807, 2.05) is 6.92 Å². The molecule has 0 spiro atoms. The van der Waals surface area contributed by atoms with E-state index in [-0.39, 0.29) is 59.1 Å². The Hall–Kier alpha value is -0.850. The van der Waals surface area contributed by atoms with Gasteiger partial charge in [-0.05, 0) is 91.8 Å². The third kappa shape index (κ3) is 6.74. The maximum absolute atomic E-state index is 12.9. The van der Waals surface area contributed by atoms with Gasteiger partial charge in [-0.15, -0.1) is 0 Å². The Morgan fingerprint density at radius 1 is 0.852 bits per heavy atom. The van der Waals surface area contributed by atoms with Gasteiger partial charge >= 0.3 is 0 Å². The zero-order valence-electron chi connectivity index (χ0n) is 32.7. The molecule has 0 amide bonds. The van der Waals surface area contributed by atoms with Gasteiger partial charge in [0.25, 0.3) is 0 Å². The monoisotopic (exact) mass is 770 g/mol. The molecule has 0 aromatic heterocycles. The summed E-state index contributed by atoms with van der Waals surface area (Å²) in [5.74, 6) is 0.913. The molecule has 0 bridgehead atoms. The Bertz CT molecular complexity index is 1340. The Morgan fingerprint density at radius 3 is 2.26 bits per heavy atom. The highest BCUT2D eigenvalue weighted by atomic mass is 16.7. The van der Waals surface area contributed by atoms with Crippen LogP contribution in [0.25, 0.3) is 0 Å². The number of ether oxygens (including phenoxy) is 6. The first-order chi connectivity index (χ1) is 25.5. The van der Waals surface area contributed by atoms with Crippen molar-refractivity contribution in [3.8, 4) is 0 Å². The molecule has 7 fully saturated rings. The molecule has 310 valence electrons. The summed E-state index contributed by atoms with van der Waals surface area (Å²) in [7, 11) is 1.72. The number of aliphatic hydroxyl groups excluding tert-OH is 7. The van der Waals surface area contributed by atoms with E-state index >= 15 is 0 Å². The fourth-order valence-corrected chi connectivity index (χ4v) is 12.8. The molecular formula is C40H66O14. The fraction of sp³-hybridized carbons (Fsp3) is 0.975. The average Bonchev–Trinajstić information content (AvgIpc) is 3.61. The molecule has 3 heterocycles. The van der Waals surface area contributed by atoms with Gasteiger partial charge in [0.15, 0.2) is 18.4 Å². The number of aliphatic hydroxyl groups is 7. The largest absolute Gasteiger partial charge is 0.394 e. The first-order valence-corrected chi connectivity index (χ1v) is 20.5. The molecule has 7 rings (SSSR count). The van der Waals surface area contributed by atoms with Crippen LogP contribution in [-0.4, -0.2) is 141 Å². The third-order valence-corrected chi connectivity index (χ3v) is 16.0. The molecule has 7 aliphatic rings. The van der Waals surface area contributed by atoms with Crippen molar-refractivity contribution in [2.24, 2.45) is 52.3 Å². The molecule has 4 saturated carbocycles. The molecule has 3 aliphatic heterocycles. The maximum Gasteiger partial charge on any atom is 0.186 e. The molecule has 3 saturated heterocycles. The first-order valence-electron chi connectivity index (χ1n) is 20.5. The summed E-state index contributed by atoms with van der Waals surface area (Å²) in [6.45, 7) is 10.4. The van der Waals surface area contributed by atoms with Crippen molar-refractivity contribution in [3.05, 3.63) is 0 Å². The van der Waals surface area contributed by atoms with Crippen molar-refractivity contribution in [1.82, 2.24) is 0 Å². The minimum atomic E-state index is -1.49. The number of carbonyl (C=O) groups is 1. The number of hydrogen-bond donors (Lipinski definition) is 7. The zero-order chi connectivity index (χ0) is 39.1. The Balaban J connectivity index is 1.04. The molecule has 22 unspecified atom stereocenters. The fourth-order valence-electron chi connectivity index (χ4n) is 12.8. The van der Waals surface area contributed by atoms with Crippen LogP contribution in [0.2, 0.25) is 0 Å². The number of methoxy groups -OCH3 is 1. The van der Waals surface area contributed by atoms with E-state index in [9.17, 15) is 40.5 Å².